The van der Waals surface area contributed by atoms with Crippen LogP contribution in [0, 0.1) is 0 Å². The minimum Gasteiger partial charge on any atom is -0.465 e. The fourth-order valence-electron chi connectivity index (χ4n) is 1.70. The van der Waals surface area contributed by atoms with E-state index in [9.17, 15) is 9.59 Å². The third kappa shape index (κ3) is 7.72. The lowest BCUT2D eigenvalue weighted by Crippen LogP contribution is -2.36. The van der Waals surface area contributed by atoms with E-state index in [-0.39, 0.29) is 11.9 Å². The Balaban J connectivity index is 4.29. The van der Waals surface area contributed by atoms with Gasteiger partial charge in [-0.25, -0.2) is 0 Å². The lowest BCUT2D eigenvalue weighted by atomic mass is 9.93. The molecule has 0 N–H and O–H groups in total. The Morgan fingerprint density at radius 2 is 1.53 bits per heavy atom. The number of esters is 2. The molecule has 0 aliphatic rings. The zero-order valence-corrected chi connectivity index (χ0v) is 13.8. The topological polar surface area (TPSA) is 52.6 Å². The van der Waals surface area contributed by atoms with Crippen molar-refractivity contribution in [2.75, 3.05) is 30.6 Å². The van der Waals surface area contributed by atoms with E-state index < -0.39 is 5.60 Å². The number of carbonyl (C=O) groups is 2. The number of hydrogen-bond donors (Lipinski definition) is 0. The van der Waals surface area contributed by atoms with Crippen LogP contribution < -0.4 is 0 Å². The Labute approximate surface area is 124 Å². The molecular weight excluding hydrogens is 284 g/mol. The van der Waals surface area contributed by atoms with Crippen molar-refractivity contribution in [2.24, 2.45) is 0 Å². The SMILES string of the molecule is CCC(CC)(CCOC(=O)CSC)OC(=O)CSC. The minimum atomic E-state index is -0.507. The molecule has 0 rings (SSSR count). The Kier molecular flexibility index (Phi) is 10.2. The fraction of sp³-hybridized carbons (Fsp3) is 0.846. The van der Waals surface area contributed by atoms with Crippen LogP contribution in [-0.2, 0) is 19.1 Å². The third-order valence-corrected chi connectivity index (χ3v) is 4.01. The highest BCUT2D eigenvalue weighted by Gasteiger charge is 2.30. The van der Waals surface area contributed by atoms with Gasteiger partial charge < -0.3 is 9.47 Å². The molecule has 0 fully saturated rings. The summed E-state index contributed by atoms with van der Waals surface area (Å²) < 4.78 is 10.7. The Morgan fingerprint density at radius 3 is 2.00 bits per heavy atom. The summed E-state index contributed by atoms with van der Waals surface area (Å²) in [6.45, 7) is 4.27. The van der Waals surface area contributed by atoms with Crippen molar-refractivity contribution in [2.45, 2.75) is 38.7 Å². The van der Waals surface area contributed by atoms with Gasteiger partial charge in [0.25, 0.3) is 0 Å². The maximum atomic E-state index is 11.6. The summed E-state index contributed by atoms with van der Waals surface area (Å²) >= 11 is 2.88. The average molecular weight is 308 g/mol. The third-order valence-electron chi connectivity index (χ3n) is 2.96. The number of rotatable bonds is 10. The molecular formula is C13H24O4S2. The van der Waals surface area contributed by atoms with Crippen molar-refractivity contribution in [1.29, 1.82) is 0 Å². The lowest BCUT2D eigenvalue weighted by molar-refractivity contribution is -0.160. The van der Waals surface area contributed by atoms with E-state index in [0.717, 1.165) is 12.8 Å². The van der Waals surface area contributed by atoms with Gasteiger partial charge >= 0.3 is 11.9 Å². The predicted octanol–water partition coefficient (Wildman–Crippen LogP) is 2.75. The number of thioether (sulfide) groups is 2. The van der Waals surface area contributed by atoms with E-state index in [4.69, 9.17) is 9.47 Å². The van der Waals surface area contributed by atoms with Crippen molar-refractivity contribution in [3.63, 3.8) is 0 Å². The molecule has 0 saturated heterocycles. The Morgan fingerprint density at radius 1 is 1.00 bits per heavy atom. The second-order valence-electron chi connectivity index (χ2n) is 4.20. The molecule has 19 heavy (non-hydrogen) atoms. The lowest BCUT2D eigenvalue weighted by Gasteiger charge is -2.31. The van der Waals surface area contributed by atoms with Gasteiger partial charge in [-0.1, -0.05) is 13.8 Å². The van der Waals surface area contributed by atoms with E-state index in [0.29, 0.717) is 24.5 Å². The largest absolute Gasteiger partial charge is 0.465 e. The molecule has 0 bridgehead atoms. The van der Waals surface area contributed by atoms with Crippen molar-refractivity contribution >= 4 is 35.5 Å². The highest BCUT2D eigenvalue weighted by molar-refractivity contribution is 7.99. The quantitative estimate of drug-likeness (QED) is 0.578. The highest BCUT2D eigenvalue weighted by atomic mass is 32.2. The van der Waals surface area contributed by atoms with Crippen molar-refractivity contribution in [1.82, 2.24) is 0 Å². The van der Waals surface area contributed by atoms with Crippen LogP contribution in [0.4, 0.5) is 0 Å². The maximum absolute atomic E-state index is 11.6. The summed E-state index contributed by atoms with van der Waals surface area (Å²) in [5.41, 5.74) is -0.507. The summed E-state index contributed by atoms with van der Waals surface area (Å²) in [6.07, 6.45) is 5.73. The van der Waals surface area contributed by atoms with Crippen LogP contribution in [-0.4, -0.2) is 48.2 Å². The van der Waals surface area contributed by atoms with E-state index in [2.05, 4.69) is 0 Å². The van der Waals surface area contributed by atoms with E-state index >= 15 is 0 Å². The molecule has 0 aliphatic heterocycles. The van der Waals surface area contributed by atoms with E-state index in [1.807, 2.05) is 26.4 Å². The van der Waals surface area contributed by atoms with Crippen molar-refractivity contribution in [3.8, 4) is 0 Å². The number of ether oxygens (including phenoxy) is 2. The Bertz CT molecular complexity index is 278. The number of carbonyl (C=O) groups excluding carboxylic acids is 2. The Hall–Kier alpha value is -0.360. The van der Waals surface area contributed by atoms with Gasteiger partial charge in [0, 0.05) is 6.42 Å². The van der Waals surface area contributed by atoms with Crippen LogP contribution in [0.2, 0.25) is 0 Å². The predicted molar refractivity (Wildman–Crippen MR) is 81.7 cm³/mol. The summed E-state index contributed by atoms with van der Waals surface area (Å²) in [5, 5.41) is 0. The van der Waals surface area contributed by atoms with Crippen LogP contribution in [0.1, 0.15) is 33.1 Å². The van der Waals surface area contributed by atoms with Crippen LogP contribution in [0.15, 0.2) is 0 Å². The van der Waals surface area contributed by atoms with Crippen LogP contribution in [0.3, 0.4) is 0 Å². The smallest absolute Gasteiger partial charge is 0.316 e. The molecule has 0 aromatic carbocycles. The summed E-state index contributed by atoms with van der Waals surface area (Å²) in [6, 6.07) is 0. The van der Waals surface area contributed by atoms with Gasteiger partial charge in [0.1, 0.15) is 5.60 Å². The van der Waals surface area contributed by atoms with Crippen molar-refractivity contribution < 1.29 is 19.1 Å². The second-order valence-corrected chi connectivity index (χ2v) is 5.93. The molecule has 0 aromatic rings. The molecule has 0 heterocycles. The minimum absolute atomic E-state index is 0.202. The van der Waals surface area contributed by atoms with Crippen LogP contribution in [0.5, 0.6) is 0 Å². The summed E-state index contributed by atoms with van der Waals surface area (Å²) in [5.74, 6) is 0.293. The molecule has 0 atom stereocenters. The molecule has 0 radical (unpaired) electrons. The first-order chi connectivity index (χ1) is 9.03. The molecule has 0 unspecified atom stereocenters. The zero-order chi connectivity index (χ0) is 14.7. The molecule has 112 valence electrons. The van der Waals surface area contributed by atoms with E-state index in [1.54, 1.807) is 0 Å². The van der Waals surface area contributed by atoms with Gasteiger partial charge in [0.05, 0.1) is 18.1 Å². The maximum Gasteiger partial charge on any atom is 0.316 e. The average Bonchev–Trinajstić information content (AvgIpc) is 2.38. The molecule has 0 aromatic heterocycles. The van der Waals surface area contributed by atoms with Gasteiger partial charge in [-0.3, -0.25) is 9.59 Å². The molecule has 6 heteroatoms. The first-order valence-electron chi connectivity index (χ1n) is 6.39. The normalized spacial score (nSPS) is 11.2. The summed E-state index contributed by atoms with van der Waals surface area (Å²) in [7, 11) is 0. The number of hydrogen-bond acceptors (Lipinski definition) is 6. The van der Waals surface area contributed by atoms with Crippen LogP contribution >= 0.6 is 23.5 Å². The van der Waals surface area contributed by atoms with Gasteiger partial charge in [-0.05, 0) is 25.4 Å². The first kappa shape index (κ1) is 18.6. The fourth-order valence-corrected chi connectivity index (χ4v) is 2.31. The van der Waals surface area contributed by atoms with Gasteiger partial charge in [-0.15, -0.1) is 0 Å². The summed E-state index contributed by atoms with van der Waals surface area (Å²) in [4.78, 5) is 22.9. The zero-order valence-electron chi connectivity index (χ0n) is 12.2. The standard InChI is InChI=1S/C13H24O4S2/c1-5-13(6-2,17-12(15)10-19-4)7-8-16-11(14)9-18-3/h5-10H2,1-4H3. The van der Waals surface area contributed by atoms with Gasteiger partial charge in [-0.2, -0.15) is 23.5 Å². The molecule has 0 spiro atoms. The van der Waals surface area contributed by atoms with Gasteiger partial charge in [0.2, 0.25) is 0 Å². The molecule has 4 nitrogen and oxygen atoms in total. The van der Waals surface area contributed by atoms with Crippen molar-refractivity contribution in [3.05, 3.63) is 0 Å². The first-order valence-corrected chi connectivity index (χ1v) is 9.17. The van der Waals surface area contributed by atoms with E-state index in [1.165, 1.54) is 23.5 Å². The molecule has 0 amide bonds. The monoisotopic (exact) mass is 308 g/mol. The van der Waals surface area contributed by atoms with Gasteiger partial charge in [0.15, 0.2) is 0 Å². The highest BCUT2D eigenvalue weighted by Crippen LogP contribution is 2.25. The van der Waals surface area contributed by atoms with Crippen LogP contribution in [0.25, 0.3) is 0 Å². The molecule has 0 saturated carbocycles. The molecule has 0 aliphatic carbocycles. The second kappa shape index (κ2) is 10.4.